The summed E-state index contributed by atoms with van der Waals surface area (Å²) in [7, 11) is 1.09. The van der Waals surface area contributed by atoms with Gasteiger partial charge in [-0.2, -0.15) is 0 Å². The fourth-order valence-electron chi connectivity index (χ4n) is 0.409. The lowest BCUT2D eigenvalue weighted by Gasteiger charge is -1.55. The Bertz CT molecular complexity index is 199. The van der Waals surface area contributed by atoms with E-state index in [0.717, 1.165) is 8.19 Å². The van der Waals surface area contributed by atoms with Gasteiger partial charge in [0.1, 0.15) is 0 Å². The monoisotopic (exact) mass is 124 g/mol. The molecule has 0 aliphatic rings. The van der Waals surface area contributed by atoms with E-state index in [-0.39, 0.29) is 5.43 Å². The lowest BCUT2D eigenvalue weighted by Crippen LogP contribution is -1.87. The van der Waals surface area contributed by atoms with E-state index < -0.39 is 0 Å². The predicted molar refractivity (Wildman–Crippen MR) is 35.2 cm³/mol. The molecule has 8 heavy (non-hydrogen) atoms. The van der Waals surface area contributed by atoms with Crippen molar-refractivity contribution in [1.82, 2.24) is 0 Å². The van der Waals surface area contributed by atoms with Gasteiger partial charge in [0.15, 0.2) is 5.43 Å². The lowest BCUT2D eigenvalue weighted by atomic mass is 10.5. The van der Waals surface area contributed by atoms with Crippen molar-refractivity contribution in [2.45, 2.75) is 0 Å². The van der Waals surface area contributed by atoms with Crippen molar-refractivity contribution >= 4 is 8.19 Å². The summed E-state index contributed by atoms with van der Waals surface area (Å²) in [5.41, 5.74) is 0.0752. The second-order valence-electron chi connectivity index (χ2n) is 1.38. The Kier molecular flexibility index (Phi) is 1.76. The summed E-state index contributed by atoms with van der Waals surface area (Å²) >= 11 is 0. The zero-order chi connectivity index (χ0) is 5.82. The van der Waals surface area contributed by atoms with Crippen LogP contribution < -0.4 is 5.43 Å². The van der Waals surface area contributed by atoms with Crippen LogP contribution in [0.5, 0.6) is 0 Å². The smallest absolute Gasteiger partial charge is 0.178 e. The SMILES string of the molecule is O=c1cccpcc1. The van der Waals surface area contributed by atoms with E-state index in [1.807, 2.05) is 11.6 Å². The van der Waals surface area contributed by atoms with Crippen LogP contribution in [-0.4, -0.2) is 0 Å². The molecule has 1 aromatic heterocycles. The van der Waals surface area contributed by atoms with Gasteiger partial charge in [-0.05, 0) is 23.7 Å². The van der Waals surface area contributed by atoms with E-state index >= 15 is 0 Å². The van der Waals surface area contributed by atoms with Gasteiger partial charge in [0.25, 0.3) is 0 Å². The molecule has 40 valence electrons. The number of hydrogen-bond acceptors (Lipinski definition) is 1. The van der Waals surface area contributed by atoms with Gasteiger partial charge >= 0.3 is 0 Å². The molecular weight excluding hydrogens is 119 g/mol. The van der Waals surface area contributed by atoms with Crippen LogP contribution in [0.15, 0.2) is 34.6 Å². The largest absolute Gasteiger partial charge is 0.290 e. The molecule has 0 bridgehead atoms. The van der Waals surface area contributed by atoms with Gasteiger partial charge < -0.3 is 0 Å². The molecule has 0 atom stereocenters. The average molecular weight is 124 g/mol. The first-order chi connectivity index (χ1) is 3.89. The Hall–Kier alpha value is -0.680. The first-order valence-electron chi connectivity index (χ1n) is 2.30. The summed E-state index contributed by atoms with van der Waals surface area (Å²) in [4.78, 5) is 10.5. The Morgan fingerprint density at radius 1 is 1.25 bits per heavy atom. The maximum Gasteiger partial charge on any atom is 0.178 e. The molecule has 0 unspecified atom stereocenters. The molecular formula is C6H5OP. The van der Waals surface area contributed by atoms with Gasteiger partial charge in [0.2, 0.25) is 0 Å². The summed E-state index contributed by atoms with van der Waals surface area (Å²) in [5, 5.41) is 0. The van der Waals surface area contributed by atoms with Crippen molar-refractivity contribution in [3.63, 3.8) is 0 Å². The predicted octanol–water partition coefficient (Wildman–Crippen LogP) is 1.63. The Balaban J connectivity index is 3.32. The summed E-state index contributed by atoms with van der Waals surface area (Å²) in [5.74, 6) is 3.74. The molecule has 2 heteroatoms. The highest BCUT2D eigenvalue weighted by atomic mass is 31.0. The maximum atomic E-state index is 10.5. The normalized spacial score (nSPS) is 9.50. The molecule has 1 aromatic rings. The summed E-state index contributed by atoms with van der Waals surface area (Å²) in [6.07, 6.45) is 0. The maximum absolute atomic E-state index is 10.5. The van der Waals surface area contributed by atoms with Gasteiger partial charge in [-0.1, -0.05) is 14.3 Å². The molecule has 0 saturated carbocycles. The van der Waals surface area contributed by atoms with Crippen LogP contribution in [0.25, 0.3) is 0 Å². The molecule has 0 saturated heterocycles. The summed E-state index contributed by atoms with van der Waals surface area (Å²) in [6, 6.07) is 4.89. The Labute approximate surface area is 49.1 Å². The topological polar surface area (TPSA) is 17.1 Å². The van der Waals surface area contributed by atoms with Gasteiger partial charge in [-0.3, -0.25) is 4.79 Å². The molecule has 0 aromatic carbocycles. The van der Waals surface area contributed by atoms with E-state index in [0.29, 0.717) is 0 Å². The minimum absolute atomic E-state index is 0.0752. The first kappa shape index (κ1) is 5.46. The van der Waals surface area contributed by atoms with Crippen LogP contribution >= 0.6 is 8.19 Å². The third-order valence-electron chi connectivity index (χ3n) is 0.757. The first-order valence-corrected chi connectivity index (χ1v) is 3.33. The second kappa shape index (κ2) is 2.58. The van der Waals surface area contributed by atoms with Gasteiger partial charge in [-0.25, -0.2) is 0 Å². The molecule has 0 aliphatic heterocycles. The van der Waals surface area contributed by atoms with E-state index in [2.05, 4.69) is 0 Å². The molecule has 1 heterocycles. The fraction of sp³-hybridized carbons (Fsp3) is 0. The highest BCUT2D eigenvalue weighted by molar-refractivity contribution is 7.28. The standard InChI is InChI=1S/C6H5OP/c7-6-2-1-4-8-5-3-6/h1-5H. The second-order valence-corrected chi connectivity index (χ2v) is 2.27. The van der Waals surface area contributed by atoms with Crippen molar-refractivity contribution in [2.24, 2.45) is 0 Å². The zero-order valence-corrected chi connectivity index (χ0v) is 5.14. The molecule has 0 fully saturated rings. The zero-order valence-electron chi connectivity index (χ0n) is 4.24. The lowest BCUT2D eigenvalue weighted by molar-refractivity contribution is 1.68. The quantitative estimate of drug-likeness (QED) is 0.513. The highest BCUT2D eigenvalue weighted by Gasteiger charge is 1.70. The van der Waals surface area contributed by atoms with Crippen LogP contribution in [-0.2, 0) is 0 Å². The van der Waals surface area contributed by atoms with E-state index in [9.17, 15) is 4.79 Å². The molecule has 1 nitrogen and oxygen atoms in total. The molecule has 0 amide bonds. The van der Waals surface area contributed by atoms with E-state index in [1.54, 1.807) is 18.2 Å². The molecule has 0 radical (unpaired) electrons. The summed E-state index contributed by atoms with van der Waals surface area (Å²) < 4.78 is 0. The van der Waals surface area contributed by atoms with Crippen molar-refractivity contribution in [1.29, 1.82) is 0 Å². The number of hydrogen-bond donors (Lipinski definition) is 0. The molecule has 0 N–H and O–H groups in total. The molecule has 1 rings (SSSR count). The van der Waals surface area contributed by atoms with Gasteiger partial charge in [-0.15, -0.1) is 0 Å². The van der Waals surface area contributed by atoms with Crippen molar-refractivity contribution in [3.8, 4) is 0 Å². The molecule has 0 spiro atoms. The Morgan fingerprint density at radius 2 is 2.12 bits per heavy atom. The number of rotatable bonds is 0. The Morgan fingerprint density at radius 3 is 3.00 bits per heavy atom. The highest BCUT2D eigenvalue weighted by Crippen LogP contribution is 1.94. The van der Waals surface area contributed by atoms with Gasteiger partial charge in [0.05, 0.1) is 0 Å². The van der Waals surface area contributed by atoms with Crippen LogP contribution in [0.2, 0.25) is 0 Å². The van der Waals surface area contributed by atoms with Crippen molar-refractivity contribution in [3.05, 3.63) is 40.0 Å². The van der Waals surface area contributed by atoms with Crippen molar-refractivity contribution in [2.75, 3.05) is 0 Å². The van der Waals surface area contributed by atoms with Crippen molar-refractivity contribution < 1.29 is 0 Å². The summed E-state index contributed by atoms with van der Waals surface area (Å²) in [6.45, 7) is 0. The molecule has 0 aliphatic carbocycles. The van der Waals surface area contributed by atoms with Gasteiger partial charge in [0, 0.05) is 0 Å². The third-order valence-corrected chi connectivity index (χ3v) is 1.42. The third kappa shape index (κ3) is 1.43. The van der Waals surface area contributed by atoms with Crippen LogP contribution in [0.4, 0.5) is 0 Å². The van der Waals surface area contributed by atoms with Crippen LogP contribution in [0.1, 0.15) is 0 Å². The fourth-order valence-corrected chi connectivity index (χ4v) is 0.927. The minimum atomic E-state index is 0.0752. The van der Waals surface area contributed by atoms with E-state index in [4.69, 9.17) is 0 Å². The minimum Gasteiger partial charge on any atom is -0.290 e. The van der Waals surface area contributed by atoms with Crippen LogP contribution in [0.3, 0.4) is 0 Å². The average Bonchev–Trinajstić information content (AvgIpc) is 1.94. The van der Waals surface area contributed by atoms with E-state index in [1.165, 1.54) is 0 Å². The van der Waals surface area contributed by atoms with Crippen LogP contribution in [0, 0.1) is 0 Å².